The minimum Gasteiger partial charge on any atom is -0.490 e. The number of aromatic nitrogens is 1. The fourth-order valence-corrected chi connectivity index (χ4v) is 3.10. The number of nitrogens with one attached hydrogen (secondary N) is 2. The second kappa shape index (κ2) is 9.34. The summed E-state index contributed by atoms with van der Waals surface area (Å²) < 4.78 is 21.2. The van der Waals surface area contributed by atoms with E-state index >= 15 is 0 Å². The van der Waals surface area contributed by atoms with Gasteiger partial charge in [-0.15, -0.1) is 0 Å². The Bertz CT molecular complexity index is 965. The molecule has 0 unspecified atom stereocenters. The zero-order valence-electron chi connectivity index (χ0n) is 17.1. The minimum atomic E-state index is -0.703. The van der Waals surface area contributed by atoms with Crippen molar-refractivity contribution in [2.24, 2.45) is 0 Å². The average molecular weight is 416 g/mol. The number of amides is 1. The van der Waals surface area contributed by atoms with Crippen LogP contribution < -0.4 is 14.8 Å². The molecule has 2 N–H and O–H groups in total. The third kappa shape index (κ3) is 4.73. The zero-order chi connectivity index (χ0) is 21.7. The first-order chi connectivity index (χ1) is 14.4. The van der Waals surface area contributed by atoms with Crippen molar-refractivity contribution in [3.8, 4) is 11.5 Å². The Kier molecular flexibility index (Phi) is 6.61. The van der Waals surface area contributed by atoms with Crippen LogP contribution in [0, 0.1) is 13.8 Å². The van der Waals surface area contributed by atoms with E-state index in [9.17, 15) is 14.4 Å². The summed E-state index contributed by atoms with van der Waals surface area (Å²) in [5.41, 5.74) is 1.78. The van der Waals surface area contributed by atoms with Crippen LogP contribution in [0.3, 0.4) is 0 Å². The fraction of sp³-hybridized carbons (Fsp3) is 0.381. The molecule has 2 heterocycles. The Morgan fingerprint density at radius 1 is 1.07 bits per heavy atom. The van der Waals surface area contributed by atoms with Crippen LogP contribution in [0.25, 0.3) is 0 Å². The van der Waals surface area contributed by atoms with Crippen molar-refractivity contribution in [3.63, 3.8) is 0 Å². The molecule has 0 saturated heterocycles. The summed E-state index contributed by atoms with van der Waals surface area (Å²) in [5.74, 6) is -0.593. The normalized spacial score (nSPS) is 12.6. The summed E-state index contributed by atoms with van der Waals surface area (Å²) >= 11 is 0. The number of esters is 2. The van der Waals surface area contributed by atoms with E-state index in [4.69, 9.17) is 18.9 Å². The number of hydrogen-bond acceptors (Lipinski definition) is 7. The lowest BCUT2D eigenvalue weighted by Gasteiger charge is -2.11. The largest absolute Gasteiger partial charge is 0.490 e. The van der Waals surface area contributed by atoms with Gasteiger partial charge < -0.3 is 29.2 Å². The van der Waals surface area contributed by atoms with Crippen molar-refractivity contribution >= 4 is 23.5 Å². The molecule has 9 heteroatoms. The van der Waals surface area contributed by atoms with Gasteiger partial charge >= 0.3 is 11.9 Å². The summed E-state index contributed by atoms with van der Waals surface area (Å²) in [4.78, 5) is 39.5. The maximum Gasteiger partial charge on any atom is 0.355 e. The van der Waals surface area contributed by atoms with E-state index in [1.54, 1.807) is 39.0 Å². The van der Waals surface area contributed by atoms with Crippen molar-refractivity contribution < 1.29 is 33.3 Å². The van der Waals surface area contributed by atoms with Gasteiger partial charge in [0.05, 0.1) is 25.4 Å². The van der Waals surface area contributed by atoms with E-state index in [0.717, 1.165) is 6.42 Å². The number of ether oxygens (including phenoxy) is 4. The van der Waals surface area contributed by atoms with Crippen molar-refractivity contribution in [1.29, 1.82) is 0 Å². The monoisotopic (exact) mass is 416 g/mol. The highest BCUT2D eigenvalue weighted by molar-refractivity contribution is 6.00. The lowest BCUT2D eigenvalue weighted by atomic mass is 10.1. The maximum atomic E-state index is 12.5. The molecule has 0 radical (unpaired) electrons. The van der Waals surface area contributed by atoms with Gasteiger partial charge in [0, 0.05) is 23.9 Å². The lowest BCUT2D eigenvalue weighted by Crippen LogP contribution is -2.21. The molecule has 0 fully saturated rings. The van der Waals surface area contributed by atoms with Crippen LogP contribution in [0.5, 0.6) is 11.5 Å². The smallest absolute Gasteiger partial charge is 0.355 e. The first kappa shape index (κ1) is 21.2. The predicted molar refractivity (Wildman–Crippen MR) is 107 cm³/mol. The highest BCUT2D eigenvalue weighted by Gasteiger charge is 2.24. The quantitative estimate of drug-likeness (QED) is 0.696. The van der Waals surface area contributed by atoms with Gasteiger partial charge in [-0.05, 0) is 38.5 Å². The number of aromatic amines is 1. The Balaban J connectivity index is 1.61. The molecule has 160 valence electrons. The van der Waals surface area contributed by atoms with Gasteiger partial charge in [0.2, 0.25) is 0 Å². The molecule has 3 rings (SSSR count). The first-order valence-corrected chi connectivity index (χ1v) is 9.63. The number of aryl methyl sites for hydroxylation is 1. The van der Waals surface area contributed by atoms with Crippen LogP contribution in [0.15, 0.2) is 18.2 Å². The molecular formula is C21H24N2O7. The number of hydrogen-bond donors (Lipinski definition) is 2. The van der Waals surface area contributed by atoms with Crippen LogP contribution >= 0.6 is 0 Å². The third-order valence-corrected chi connectivity index (χ3v) is 4.49. The van der Waals surface area contributed by atoms with Crippen molar-refractivity contribution in [3.05, 3.63) is 40.7 Å². The van der Waals surface area contributed by atoms with Crippen LogP contribution in [0.2, 0.25) is 0 Å². The number of H-pyrrole nitrogens is 1. The number of carbonyl (C=O) groups excluding carboxylic acids is 3. The van der Waals surface area contributed by atoms with E-state index in [2.05, 4.69) is 10.3 Å². The number of rotatable bonds is 6. The molecule has 0 spiro atoms. The Morgan fingerprint density at radius 2 is 1.80 bits per heavy atom. The lowest BCUT2D eigenvalue weighted by molar-refractivity contribution is -0.119. The van der Waals surface area contributed by atoms with E-state index in [1.165, 1.54) is 0 Å². The number of anilines is 1. The van der Waals surface area contributed by atoms with Gasteiger partial charge in [-0.2, -0.15) is 0 Å². The summed E-state index contributed by atoms with van der Waals surface area (Å²) in [6, 6.07) is 5.05. The highest BCUT2D eigenvalue weighted by Crippen LogP contribution is 2.32. The standard InChI is InChI=1S/C21H24N2O7/c1-4-27-21(26)19-12(2)18(13(3)22-19)20(25)30-11-17(24)23-14-6-7-15-16(10-14)29-9-5-8-28-15/h6-7,10,22H,4-5,8-9,11H2,1-3H3,(H,23,24). The molecule has 1 aliphatic rings. The van der Waals surface area contributed by atoms with E-state index < -0.39 is 24.5 Å². The molecular weight excluding hydrogens is 392 g/mol. The number of fused-ring (bicyclic) bond motifs is 1. The molecule has 1 aliphatic heterocycles. The van der Waals surface area contributed by atoms with Gasteiger partial charge in [0.1, 0.15) is 5.69 Å². The van der Waals surface area contributed by atoms with Crippen LogP contribution in [0.1, 0.15) is 45.4 Å². The third-order valence-electron chi connectivity index (χ3n) is 4.49. The molecule has 0 aliphatic carbocycles. The van der Waals surface area contributed by atoms with E-state index in [0.29, 0.717) is 41.7 Å². The number of benzene rings is 1. The summed E-state index contributed by atoms with van der Waals surface area (Å²) in [6.45, 7) is 5.80. The fourth-order valence-electron chi connectivity index (χ4n) is 3.10. The predicted octanol–water partition coefficient (Wildman–Crippen LogP) is 2.77. The second-order valence-electron chi connectivity index (χ2n) is 6.68. The van der Waals surface area contributed by atoms with Gasteiger partial charge in [-0.3, -0.25) is 4.79 Å². The van der Waals surface area contributed by atoms with Gasteiger partial charge in [-0.25, -0.2) is 9.59 Å². The Morgan fingerprint density at radius 3 is 2.53 bits per heavy atom. The molecule has 1 aromatic carbocycles. The molecule has 2 aromatic rings. The average Bonchev–Trinajstić information content (AvgIpc) is 2.87. The maximum absolute atomic E-state index is 12.5. The highest BCUT2D eigenvalue weighted by atomic mass is 16.5. The SMILES string of the molecule is CCOC(=O)c1[nH]c(C)c(C(=O)OCC(=O)Nc2ccc3c(c2)OCCCO3)c1C. The second-order valence-corrected chi connectivity index (χ2v) is 6.68. The molecule has 0 saturated carbocycles. The Labute approximate surface area is 173 Å². The molecule has 1 amide bonds. The zero-order valence-corrected chi connectivity index (χ0v) is 17.1. The Hall–Kier alpha value is -3.49. The summed E-state index contributed by atoms with van der Waals surface area (Å²) in [6.07, 6.45) is 0.780. The van der Waals surface area contributed by atoms with Gasteiger partial charge in [-0.1, -0.05) is 0 Å². The topological polar surface area (TPSA) is 116 Å². The molecule has 0 atom stereocenters. The molecule has 30 heavy (non-hydrogen) atoms. The van der Waals surface area contributed by atoms with Crippen molar-refractivity contribution in [2.45, 2.75) is 27.2 Å². The van der Waals surface area contributed by atoms with Gasteiger partial charge in [0.25, 0.3) is 5.91 Å². The van der Waals surface area contributed by atoms with E-state index in [-0.39, 0.29) is 17.9 Å². The summed E-state index contributed by atoms with van der Waals surface area (Å²) in [7, 11) is 0. The van der Waals surface area contributed by atoms with Crippen LogP contribution in [-0.4, -0.2) is 49.3 Å². The molecule has 1 aromatic heterocycles. The summed E-state index contributed by atoms with van der Waals surface area (Å²) in [5, 5.41) is 2.66. The molecule has 0 bridgehead atoms. The van der Waals surface area contributed by atoms with Gasteiger partial charge in [0.15, 0.2) is 18.1 Å². The van der Waals surface area contributed by atoms with Crippen LogP contribution in [0.4, 0.5) is 5.69 Å². The van der Waals surface area contributed by atoms with Crippen LogP contribution in [-0.2, 0) is 14.3 Å². The van der Waals surface area contributed by atoms with Crippen molar-refractivity contribution in [2.75, 3.05) is 31.7 Å². The minimum absolute atomic E-state index is 0.193. The molecule has 9 nitrogen and oxygen atoms in total. The number of carbonyl (C=O) groups is 3. The first-order valence-electron chi connectivity index (χ1n) is 9.63. The van der Waals surface area contributed by atoms with E-state index in [1.807, 2.05) is 0 Å². The van der Waals surface area contributed by atoms with Crippen molar-refractivity contribution in [1.82, 2.24) is 4.98 Å².